The number of hydrogen-bond acceptors (Lipinski definition) is 13. The summed E-state index contributed by atoms with van der Waals surface area (Å²) in [4.78, 5) is 39.2. The first-order valence-electron chi connectivity index (χ1n) is 14.0. The molecule has 4 N–H and O–H groups in total. The van der Waals surface area contributed by atoms with Crippen molar-refractivity contribution in [2.75, 3.05) is 32.6 Å². The summed E-state index contributed by atoms with van der Waals surface area (Å²) >= 11 is 0. The quantitative estimate of drug-likeness (QED) is 0.125. The minimum absolute atomic E-state index is 0.0580. The number of amides is 1. The van der Waals surface area contributed by atoms with Crippen molar-refractivity contribution < 1.29 is 53.8 Å². The van der Waals surface area contributed by atoms with Gasteiger partial charge in [-0.05, 0) is 42.3 Å². The summed E-state index contributed by atoms with van der Waals surface area (Å²) in [6.07, 6.45) is -7.27. The van der Waals surface area contributed by atoms with E-state index in [1.165, 1.54) is 21.6 Å². The van der Waals surface area contributed by atoms with Gasteiger partial charge in [0.25, 0.3) is 0 Å². The number of aliphatic hydroxyl groups is 4. The van der Waals surface area contributed by atoms with Gasteiger partial charge in [-0.2, -0.15) is 0 Å². The summed E-state index contributed by atoms with van der Waals surface area (Å²) in [6.45, 7) is 4.48. The van der Waals surface area contributed by atoms with Gasteiger partial charge in [-0.1, -0.05) is 52.8 Å². The van der Waals surface area contributed by atoms with Crippen molar-refractivity contribution in [3.63, 3.8) is 0 Å². The Morgan fingerprint density at radius 1 is 1.05 bits per heavy atom. The highest BCUT2D eigenvalue weighted by molar-refractivity contribution is 8.78. The molecule has 1 amide bonds. The fourth-order valence-corrected chi connectivity index (χ4v) is 6.44. The van der Waals surface area contributed by atoms with Crippen molar-refractivity contribution in [3.8, 4) is 5.75 Å². The summed E-state index contributed by atoms with van der Waals surface area (Å²) in [7, 11) is 4.54. The van der Waals surface area contributed by atoms with Crippen LogP contribution in [0.25, 0.3) is 10.8 Å². The molecule has 14 heteroatoms. The average Bonchev–Trinajstić information content (AvgIpc) is 3.03. The average molecular weight is 654 g/mol. The van der Waals surface area contributed by atoms with Gasteiger partial charge in [0, 0.05) is 22.8 Å². The molecule has 6 atom stereocenters. The molecule has 2 aromatic carbocycles. The van der Waals surface area contributed by atoms with Gasteiger partial charge in [0.05, 0.1) is 19.6 Å². The summed E-state index contributed by atoms with van der Waals surface area (Å²) in [5.41, 5.74) is 1.28. The number of ether oxygens (including phenoxy) is 4. The Balaban J connectivity index is 1.58. The predicted molar refractivity (Wildman–Crippen MR) is 166 cm³/mol. The number of carbonyl (C=O) groups is 3. The Hall–Kier alpha value is -2.85. The Morgan fingerprint density at radius 3 is 2.43 bits per heavy atom. The van der Waals surface area contributed by atoms with Crippen molar-refractivity contribution in [2.45, 2.75) is 63.8 Å². The number of aliphatic hydroxyl groups excluding tert-OH is 4. The summed E-state index contributed by atoms with van der Waals surface area (Å²) in [6, 6.07) is 11.5. The van der Waals surface area contributed by atoms with Crippen molar-refractivity contribution >= 4 is 50.7 Å². The molecule has 0 saturated carbocycles. The lowest BCUT2D eigenvalue weighted by molar-refractivity contribution is -0.287. The molecule has 0 aliphatic carbocycles. The molecule has 0 aromatic heterocycles. The summed E-state index contributed by atoms with van der Waals surface area (Å²) < 4.78 is 21.0. The third-order valence-corrected chi connectivity index (χ3v) is 9.85. The molecule has 44 heavy (non-hydrogen) atoms. The van der Waals surface area contributed by atoms with Crippen molar-refractivity contribution in [1.29, 1.82) is 0 Å². The number of rotatable bonds is 15. The predicted octanol–water partition coefficient (Wildman–Crippen LogP) is 2.32. The van der Waals surface area contributed by atoms with Gasteiger partial charge >= 0.3 is 11.9 Å². The van der Waals surface area contributed by atoms with Crippen LogP contribution >= 0.6 is 21.6 Å². The lowest BCUT2D eigenvalue weighted by atomic mass is 9.98. The zero-order valence-corrected chi connectivity index (χ0v) is 26.6. The van der Waals surface area contributed by atoms with Crippen LogP contribution in [-0.2, 0) is 28.6 Å². The molecule has 1 fully saturated rings. The van der Waals surface area contributed by atoms with Crippen LogP contribution in [0.3, 0.4) is 0 Å². The number of carbonyl (C=O) groups excluding carboxylic acids is 3. The highest BCUT2D eigenvalue weighted by Crippen LogP contribution is 2.35. The number of esters is 2. The van der Waals surface area contributed by atoms with E-state index in [9.17, 15) is 34.8 Å². The number of methoxy groups -OCH3 is 1. The molecule has 2 aromatic rings. The van der Waals surface area contributed by atoms with Crippen molar-refractivity contribution in [3.05, 3.63) is 52.6 Å². The fraction of sp³-hybridized carbons (Fsp3) is 0.500. The lowest BCUT2D eigenvalue weighted by Crippen LogP contribution is -2.58. The van der Waals surface area contributed by atoms with E-state index >= 15 is 0 Å². The lowest BCUT2D eigenvalue weighted by Gasteiger charge is -2.37. The minimum atomic E-state index is -1.77. The normalized spacial score (nSPS) is 23.0. The first-order valence-corrected chi connectivity index (χ1v) is 16.3. The number of fused-ring (bicyclic) bond motifs is 1. The molecular weight excluding hydrogens is 614 g/mol. The van der Waals surface area contributed by atoms with E-state index in [1.807, 2.05) is 43.3 Å². The van der Waals surface area contributed by atoms with E-state index in [4.69, 9.17) is 18.9 Å². The first-order chi connectivity index (χ1) is 21.0. The molecule has 1 aliphatic heterocycles. The standard InChI is InChI=1S/C30H39NO11S2/c1-5-43-44-24(10-11-40-29(37)17(2)19-6-7-21-13-22(39-4)9-8-20(21)12-19)18(3)31(16-32)14-25(33)41-15-23-26(34)27(35)28(36)30(38)42-23/h6-9,12-13,16-17,23,26-28,30,34-36,38H,5,10-11,14-15H2,1-4H3/b24-18-/t17-,23+,26+,27-,28+,30-/m0/s1. The Labute approximate surface area is 263 Å². The SMILES string of the molecule is CCSS/C(CCOC(=O)[C@@H](C)c1ccc2cc(OC)ccc2c1)=C(/C)N(C=O)CC(=O)OC[C@H]1O[C@H](O)[C@H](O)[C@@H](O)[C@@H]1O. The van der Waals surface area contributed by atoms with Gasteiger partial charge in [-0.15, -0.1) is 0 Å². The van der Waals surface area contributed by atoms with Crippen LogP contribution in [0.2, 0.25) is 0 Å². The fourth-order valence-electron chi connectivity index (χ4n) is 4.38. The van der Waals surface area contributed by atoms with E-state index in [0.29, 0.717) is 18.5 Å². The first kappa shape index (κ1) is 35.6. The van der Waals surface area contributed by atoms with Crippen LogP contribution in [0.5, 0.6) is 5.75 Å². The van der Waals surface area contributed by atoms with E-state index in [0.717, 1.165) is 37.6 Å². The molecule has 0 spiro atoms. The molecule has 3 rings (SSSR count). The zero-order chi connectivity index (χ0) is 32.4. The van der Waals surface area contributed by atoms with E-state index < -0.39 is 61.7 Å². The van der Waals surface area contributed by atoms with Crippen LogP contribution in [0.15, 0.2) is 47.0 Å². The maximum absolute atomic E-state index is 12.9. The second-order valence-electron chi connectivity index (χ2n) is 10.1. The second-order valence-corrected chi connectivity index (χ2v) is 12.7. The van der Waals surface area contributed by atoms with Gasteiger partial charge in [-0.3, -0.25) is 14.4 Å². The van der Waals surface area contributed by atoms with Crippen LogP contribution in [0.4, 0.5) is 0 Å². The maximum Gasteiger partial charge on any atom is 0.326 e. The summed E-state index contributed by atoms with van der Waals surface area (Å²) in [5, 5.41) is 41.0. The van der Waals surface area contributed by atoms with Crippen LogP contribution < -0.4 is 4.74 Å². The highest BCUT2D eigenvalue weighted by Gasteiger charge is 2.43. The second kappa shape index (κ2) is 17.0. The number of benzene rings is 2. The highest BCUT2D eigenvalue weighted by atomic mass is 33.1. The summed E-state index contributed by atoms with van der Waals surface area (Å²) in [5.74, 6) is -0.215. The van der Waals surface area contributed by atoms with Gasteiger partial charge in [-0.25, -0.2) is 0 Å². The molecule has 1 aliphatic rings. The number of hydrogen-bond donors (Lipinski definition) is 4. The molecule has 0 bridgehead atoms. The van der Waals surface area contributed by atoms with E-state index in [2.05, 4.69) is 0 Å². The Bertz CT molecular complexity index is 1320. The van der Waals surface area contributed by atoms with Crippen LogP contribution in [0.1, 0.15) is 38.7 Å². The molecule has 0 radical (unpaired) electrons. The molecule has 242 valence electrons. The third kappa shape index (κ3) is 9.33. The monoisotopic (exact) mass is 653 g/mol. The largest absolute Gasteiger partial charge is 0.497 e. The number of nitrogens with zero attached hydrogens (tertiary/aromatic N) is 1. The van der Waals surface area contributed by atoms with Crippen LogP contribution in [-0.4, -0.2) is 107 Å². The topological polar surface area (TPSA) is 172 Å². The van der Waals surface area contributed by atoms with Gasteiger partial charge < -0.3 is 44.3 Å². The van der Waals surface area contributed by atoms with Gasteiger partial charge in [0.2, 0.25) is 6.41 Å². The van der Waals surface area contributed by atoms with E-state index in [-0.39, 0.29) is 6.61 Å². The van der Waals surface area contributed by atoms with Gasteiger partial charge in [0.15, 0.2) is 6.29 Å². The molecular formula is C30H39NO11S2. The zero-order valence-electron chi connectivity index (χ0n) is 25.0. The van der Waals surface area contributed by atoms with Crippen molar-refractivity contribution in [1.82, 2.24) is 4.90 Å². The van der Waals surface area contributed by atoms with Crippen molar-refractivity contribution in [2.24, 2.45) is 0 Å². The molecule has 1 heterocycles. The third-order valence-electron chi connectivity index (χ3n) is 7.13. The van der Waals surface area contributed by atoms with Crippen LogP contribution in [0, 0.1) is 0 Å². The van der Waals surface area contributed by atoms with E-state index in [1.54, 1.807) is 21.0 Å². The number of allylic oxidation sites excluding steroid dienone is 1. The minimum Gasteiger partial charge on any atom is -0.497 e. The Morgan fingerprint density at radius 2 is 1.75 bits per heavy atom. The maximum atomic E-state index is 12.9. The molecule has 1 saturated heterocycles. The Kier molecular flexibility index (Phi) is 13.8. The molecule has 0 unspecified atom stereocenters. The molecule has 12 nitrogen and oxygen atoms in total. The smallest absolute Gasteiger partial charge is 0.326 e. The van der Waals surface area contributed by atoms with Gasteiger partial charge in [0.1, 0.15) is 43.3 Å².